The highest BCUT2D eigenvalue weighted by Crippen LogP contribution is 2.13. The highest BCUT2D eigenvalue weighted by Gasteiger charge is 2.02. The predicted octanol–water partition coefficient (Wildman–Crippen LogP) is 2.77. The average Bonchev–Trinajstić information content (AvgIpc) is 2.06. The van der Waals surface area contributed by atoms with Gasteiger partial charge in [0, 0.05) is 23.6 Å². The van der Waals surface area contributed by atoms with Crippen LogP contribution < -0.4 is 0 Å². The van der Waals surface area contributed by atoms with Gasteiger partial charge < -0.3 is 0 Å². The van der Waals surface area contributed by atoms with Gasteiger partial charge in [0.25, 0.3) is 0 Å². The van der Waals surface area contributed by atoms with Crippen LogP contribution in [-0.4, -0.2) is 16.0 Å². The van der Waals surface area contributed by atoms with E-state index in [1.165, 1.54) is 11.4 Å². The molecule has 0 spiro atoms. The summed E-state index contributed by atoms with van der Waals surface area (Å²) in [4.78, 5) is 4.29. The fraction of sp³-hybridized carbons (Fsp3) is 0.500. The van der Waals surface area contributed by atoms with E-state index in [9.17, 15) is 0 Å². The molecule has 0 saturated carbocycles. The minimum Gasteiger partial charge on any atom is -0.261 e. The van der Waals surface area contributed by atoms with Crippen LogP contribution in [0.3, 0.4) is 0 Å². The molecular formula is C10H15NS. The molecule has 0 aliphatic carbocycles. The Morgan fingerprint density at radius 3 is 2.92 bits per heavy atom. The Bertz CT molecular complexity index is 210. The lowest BCUT2D eigenvalue weighted by Gasteiger charge is -2.07. The molecule has 1 nitrogen and oxygen atoms in total. The molecule has 1 unspecified atom stereocenters. The van der Waals surface area contributed by atoms with Gasteiger partial charge in [0.1, 0.15) is 0 Å². The van der Waals surface area contributed by atoms with E-state index in [4.69, 9.17) is 0 Å². The van der Waals surface area contributed by atoms with Crippen LogP contribution in [0.25, 0.3) is 0 Å². The standard InChI is InChI=1S/C10H15NS/c1-3-12-9(2)8-10-6-4-5-7-11-10/h4-7,9H,3,8H2,1-2H3. The number of nitrogens with zero attached hydrogens (tertiary/aromatic N) is 1. The Balaban J connectivity index is 2.41. The van der Waals surface area contributed by atoms with E-state index in [2.05, 4.69) is 24.9 Å². The lowest BCUT2D eigenvalue weighted by atomic mass is 10.2. The predicted molar refractivity (Wildman–Crippen MR) is 55.5 cm³/mol. The zero-order chi connectivity index (χ0) is 8.81. The monoisotopic (exact) mass is 181 g/mol. The maximum absolute atomic E-state index is 4.29. The zero-order valence-electron chi connectivity index (χ0n) is 7.66. The molecular weight excluding hydrogens is 166 g/mol. The molecule has 0 aliphatic rings. The lowest BCUT2D eigenvalue weighted by Crippen LogP contribution is -2.03. The minimum atomic E-state index is 0.685. The molecule has 66 valence electrons. The molecule has 1 aromatic heterocycles. The van der Waals surface area contributed by atoms with Crippen molar-refractivity contribution in [1.82, 2.24) is 4.98 Å². The van der Waals surface area contributed by atoms with E-state index in [-0.39, 0.29) is 0 Å². The number of hydrogen-bond acceptors (Lipinski definition) is 2. The van der Waals surface area contributed by atoms with Gasteiger partial charge in [-0.2, -0.15) is 11.8 Å². The van der Waals surface area contributed by atoms with Gasteiger partial charge in [-0.3, -0.25) is 4.98 Å². The van der Waals surface area contributed by atoms with Crippen LogP contribution in [-0.2, 0) is 6.42 Å². The van der Waals surface area contributed by atoms with Gasteiger partial charge in [0.05, 0.1) is 0 Å². The Hall–Kier alpha value is -0.500. The van der Waals surface area contributed by atoms with Gasteiger partial charge in [-0.1, -0.05) is 19.9 Å². The van der Waals surface area contributed by atoms with E-state index in [1.54, 1.807) is 0 Å². The fourth-order valence-electron chi connectivity index (χ4n) is 1.16. The van der Waals surface area contributed by atoms with Crippen molar-refractivity contribution < 1.29 is 0 Å². The van der Waals surface area contributed by atoms with Crippen LogP contribution in [0.15, 0.2) is 24.4 Å². The highest BCUT2D eigenvalue weighted by molar-refractivity contribution is 7.99. The summed E-state index contributed by atoms with van der Waals surface area (Å²) in [5.74, 6) is 1.19. The molecule has 0 N–H and O–H groups in total. The topological polar surface area (TPSA) is 12.9 Å². The molecule has 0 bridgehead atoms. The molecule has 0 radical (unpaired) electrons. The number of hydrogen-bond donors (Lipinski definition) is 0. The van der Waals surface area contributed by atoms with Crippen LogP contribution >= 0.6 is 11.8 Å². The molecule has 1 rings (SSSR count). The van der Waals surface area contributed by atoms with Crippen LogP contribution in [0.5, 0.6) is 0 Å². The Morgan fingerprint density at radius 2 is 2.33 bits per heavy atom. The fourth-order valence-corrected chi connectivity index (χ4v) is 2.01. The van der Waals surface area contributed by atoms with E-state index in [0.717, 1.165) is 6.42 Å². The molecule has 1 aromatic rings. The number of rotatable bonds is 4. The van der Waals surface area contributed by atoms with Crippen molar-refractivity contribution >= 4 is 11.8 Å². The highest BCUT2D eigenvalue weighted by atomic mass is 32.2. The van der Waals surface area contributed by atoms with Gasteiger partial charge in [0.15, 0.2) is 0 Å². The summed E-state index contributed by atoms with van der Waals surface area (Å²) in [7, 11) is 0. The second-order valence-electron chi connectivity index (χ2n) is 2.79. The first kappa shape index (κ1) is 9.59. The quantitative estimate of drug-likeness (QED) is 0.708. The second kappa shape index (κ2) is 5.20. The van der Waals surface area contributed by atoms with Gasteiger partial charge in [-0.25, -0.2) is 0 Å². The number of thioether (sulfide) groups is 1. The SMILES string of the molecule is CCSC(C)Cc1ccccn1. The summed E-state index contributed by atoms with van der Waals surface area (Å²) in [6, 6.07) is 6.10. The maximum Gasteiger partial charge on any atom is 0.0414 e. The molecule has 0 fully saturated rings. The molecule has 1 heterocycles. The third-order valence-corrected chi connectivity index (χ3v) is 2.74. The van der Waals surface area contributed by atoms with Gasteiger partial charge >= 0.3 is 0 Å². The molecule has 0 aliphatic heterocycles. The third kappa shape index (κ3) is 3.26. The average molecular weight is 181 g/mol. The minimum absolute atomic E-state index is 0.685. The normalized spacial score (nSPS) is 12.8. The van der Waals surface area contributed by atoms with Crippen LogP contribution in [0.2, 0.25) is 0 Å². The summed E-state index contributed by atoms with van der Waals surface area (Å²) in [6.45, 7) is 4.45. The molecule has 0 amide bonds. The van der Waals surface area contributed by atoms with Crippen LogP contribution in [0.4, 0.5) is 0 Å². The van der Waals surface area contributed by atoms with Crippen molar-refractivity contribution in [1.29, 1.82) is 0 Å². The van der Waals surface area contributed by atoms with E-state index in [1.807, 2.05) is 30.1 Å². The summed E-state index contributed by atoms with van der Waals surface area (Å²) >= 11 is 1.99. The van der Waals surface area contributed by atoms with Gasteiger partial charge in [-0.05, 0) is 17.9 Å². The lowest BCUT2D eigenvalue weighted by molar-refractivity contribution is 0.901. The molecule has 2 heteroatoms. The molecule has 1 atom stereocenters. The Morgan fingerprint density at radius 1 is 1.50 bits per heavy atom. The van der Waals surface area contributed by atoms with Crippen molar-refractivity contribution in [3.8, 4) is 0 Å². The maximum atomic E-state index is 4.29. The van der Waals surface area contributed by atoms with Crippen molar-refractivity contribution in [3.05, 3.63) is 30.1 Å². The van der Waals surface area contributed by atoms with Crippen molar-refractivity contribution in [2.75, 3.05) is 5.75 Å². The van der Waals surface area contributed by atoms with Crippen LogP contribution in [0, 0.1) is 0 Å². The second-order valence-corrected chi connectivity index (χ2v) is 4.51. The summed E-state index contributed by atoms with van der Waals surface area (Å²) in [5, 5.41) is 0.685. The first-order chi connectivity index (χ1) is 5.83. The first-order valence-electron chi connectivity index (χ1n) is 4.34. The zero-order valence-corrected chi connectivity index (χ0v) is 8.47. The molecule has 12 heavy (non-hydrogen) atoms. The summed E-state index contributed by atoms with van der Waals surface area (Å²) in [6.07, 6.45) is 2.94. The number of aromatic nitrogens is 1. The van der Waals surface area contributed by atoms with Crippen molar-refractivity contribution in [2.45, 2.75) is 25.5 Å². The van der Waals surface area contributed by atoms with Gasteiger partial charge in [0.2, 0.25) is 0 Å². The van der Waals surface area contributed by atoms with E-state index >= 15 is 0 Å². The van der Waals surface area contributed by atoms with Crippen LogP contribution in [0.1, 0.15) is 19.5 Å². The summed E-state index contributed by atoms with van der Waals surface area (Å²) < 4.78 is 0. The van der Waals surface area contributed by atoms with E-state index < -0.39 is 0 Å². The Labute approximate surface area is 78.6 Å². The first-order valence-corrected chi connectivity index (χ1v) is 5.39. The van der Waals surface area contributed by atoms with Crippen molar-refractivity contribution in [3.63, 3.8) is 0 Å². The Kier molecular flexibility index (Phi) is 4.15. The largest absolute Gasteiger partial charge is 0.261 e. The van der Waals surface area contributed by atoms with E-state index in [0.29, 0.717) is 5.25 Å². The van der Waals surface area contributed by atoms with Gasteiger partial charge in [-0.15, -0.1) is 0 Å². The smallest absolute Gasteiger partial charge is 0.0414 e. The number of pyridine rings is 1. The molecule has 0 aromatic carbocycles. The third-order valence-electron chi connectivity index (χ3n) is 1.67. The molecule has 0 saturated heterocycles. The van der Waals surface area contributed by atoms with Crippen molar-refractivity contribution in [2.24, 2.45) is 0 Å². The summed E-state index contributed by atoms with van der Waals surface area (Å²) in [5.41, 5.74) is 1.20.